The van der Waals surface area contributed by atoms with Crippen molar-refractivity contribution in [1.82, 2.24) is 0 Å². The van der Waals surface area contributed by atoms with E-state index in [-0.39, 0.29) is 12.9 Å². The van der Waals surface area contributed by atoms with Crippen molar-refractivity contribution in [1.29, 1.82) is 0 Å². The lowest BCUT2D eigenvalue weighted by Crippen LogP contribution is -2.31. The second kappa shape index (κ2) is 4.99. The smallest absolute Gasteiger partial charge is 0.335 e. The first-order valence-electron chi connectivity index (χ1n) is 4.22. The molecule has 0 N–H and O–H groups in total. The minimum absolute atomic E-state index is 0.0223. The molecule has 0 spiro atoms. The van der Waals surface area contributed by atoms with E-state index in [4.69, 9.17) is 14.2 Å². The van der Waals surface area contributed by atoms with Crippen molar-refractivity contribution in [2.75, 3.05) is 20.0 Å². The quantitative estimate of drug-likeness (QED) is 0.276. The van der Waals surface area contributed by atoms with Crippen LogP contribution in [0.2, 0.25) is 0 Å². The highest BCUT2D eigenvalue weighted by atomic mass is 16.7. The van der Waals surface area contributed by atoms with Gasteiger partial charge in [0.2, 0.25) is 0 Å². The molecule has 0 amide bonds. The second-order valence-corrected chi connectivity index (χ2v) is 2.98. The largest absolute Gasteiger partial charge is 0.435 e. The summed E-state index contributed by atoms with van der Waals surface area (Å²) >= 11 is 0. The van der Waals surface area contributed by atoms with Crippen LogP contribution in [0.5, 0.6) is 0 Å². The van der Waals surface area contributed by atoms with Gasteiger partial charge in [0.05, 0.1) is 12.7 Å². The number of carbonyl (C=O) groups is 1. The van der Waals surface area contributed by atoms with E-state index in [2.05, 4.69) is 6.58 Å². The van der Waals surface area contributed by atoms with Crippen LogP contribution in [0.1, 0.15) is 13.3 Å². The predicted molar refractivity (Wildman–Crippen MR) is 46.1 cm³/mol. The third-order valence-corrected chi connectivity index (χ3v) is 1.72. The summed E-state index contributed by atoms with van der Waals surface area (Å²) in [6.45, 7) is 6.31. The monoisotopic (exact) mass is 186 g/mol. The summed E-state index contributed by atoms with van der Waals surface area (Å²) in [5.41, 5.74) is 0.378. The highest BCUT2D eigenvalue weighted by molar-refractivity contribution is 5.86. The van der Waals surface area contributed by atoms with Gasteiger partial charge in [-0.2, -0.15) is 0 Å². The van der Waals surface area contributed by atoms with Crippen LogP contribution in [0, 0.1) is 0 Å². The molecule has 1 saturated heterocycles. The summed E-state index contributed by atoms with van der Waals surface area (Å²) < 4.78 is 14.9. The maximum absolute atomic E-state index is 10.8. The first-order chi connectivity index (χ1) is 6.20. The lowest BCUT2D eigenvalue weighted by Gasteiger charge is -2.25. The first-order valence-corrected chi connectivity index (χ1v) is 4.22. The molecule has 4 heteroatoms. The van der Waals surface area contributed by atoms with Crippen molar-refractivity contribution in [3.8, 4) is 0 Å². The van der Waals surface area contributed by atoms with Crippen LogP contribution < -0.4 is 0 Å². The Morgan fingerprint density at radius 2 is 2.38 bits per heavy atom. The Labute approximate surface area is 77.5 Å². The minimum atomic E-state index is -0.422. The van der Waals surface area contributed by atoms with Crippen molar-refractivity contribution in [2.24, 2.45) is 0 Å². The molecule has 0 aromatic rings. The number of hydrogen-bond acceptors (Lipinski definition) is 4. The van der Waals surface area contributed by atoms with E-state index in [0.717, 1.165) is 13.0 Å². The molecule has 0 saturated carbocycles. The minimum Gasteiger partial charge on any atom is -0.435 e. The van der Waals surface area contributed by atoms with E-state index < -0.39 is 5.97 Å². The van der Waals surface area contributed by atoms with Crippen LogP contribution >= 0.6 is 0 Å². The Bertz CT molecular complexity index is 196. The molecule has 1 fully saturated rings. The molecule has 1 unspecified atom stereocenters. The Balaban J connectivity index is 1.94. The van der Waals surface area contributed by atoms with Crippen LogP contribution in [0.3, 0.4) is 0 Å². The second-order valence-electron chi connectivity index (χ2n) is 2.98. The van der Waals surface area contributed by atoms with Gasteiger partial charge in [0.1, 0.15) is 0 Å². The molecule has 0 aliphatic carbocycles. The van der Waals surface area contributed by atoms with E-state index in [1.807, 2.05) is 0 Å². The topological polar surface area (TPSA) is 44.8 Å². The van der Waals surface area contributed by atoms with Crippen LogP contribution in [0.25, 0.3) is 0 Å². The van der Waals surface area contributed by atoms with Crippen molar-refractivity contribution in [2.45, 2.75) is 19.4 Å². The fraction of sp³-hybridized carbons (Fsp3) is 0.667. The van der Waals surface area contributed by atoms with Crippen LogP contribution in [-0.4, -0.2) is 32.1 Å². The maximum Gasteiger partial charge on any atom is 0.335 e. The highest BCUT2D eigenvalue weighted by Gasteiger charge is 2.17. The van der Waals surface area contributed by atoms with E-state index in [1.54, 1.807) is 6.92 Å². The van der Waals surface area contributed by atoms with Gasteiger partial charge in [0.15, 0.2) is 6.79 Å². The number of ether oxygens (including phenoxy) is 3. The molecule has 74 valence electrons. The SMILES string of the molecule is C=C(C)C(=O)OCOCC1CCO1. The zero-order valence-corrected chi connectivity index (χ0v) is 7.75. The Morgan fingerprint density at radius 1 is 1.69 bits per heavy atom. The molecule has 4 nitrogen and oxygen atoms in total. The van der Waals surface area contributed by atoms with Gasteiger partial charge in [0.25, 0.3) is 0 Å². The summed E-state index contributed by atoms with van der Waals surface area (Å²) in [6.07, 6.45) is 1.21. The molecular formula is C9H14O4. The molecule has 0 aromatic carbocycles. The van der Waals surface area contributed by atoms with Gasteiger partial charge in [-0.1, -0.05) is 6.58 Å². The molecule has 0 radical (unpaired) electrons. The van der Waals surface area contributed by atoms with Crippen molar-refractivity contribution < 1.29 is 19.0 Å². The first kappa shape index (κ1) is 10.2. The number of hydrogen-bond donors (Lipinski definition) is 0. The Morgan fingerprint density at radius 3 is 2.85 bits per heavy atom. The van der Waals surface area contributed by atoms with Gasteiger partial charge in [-0.15, -0.1) is 0 Å². The average Bonchev–Trinajstić information content (AvgIpc) is 2.00. The number of carbonyl (C=O) groups excluding carboxylic acids is 1. The average molecular weight is 186 g/mol. The van der Waals surface area contributed by atoms with E-state index >= 15 is 0 Å². The lowest BCUT2D eigenvalue weighted by molar-refractivity contribution is -0.161. The van der Waals surface area contributed by atoms with E-state index in [0.29, 0.717) is 12.2 Å². The molecule has 1 aliphatic heterocycles. The Kier molecular flexibility index (Phi) is 3.92. The van der Waals surface area contributed by atoms with Crippen LogP contribution in [-0.2, 0) is 19.0 Å². The predicted octanol–water partition coefficient (Wildman–Crippen LogP) is 0.869. The van der Waals surface area contributed by atoms with E-state index in [9.17, 15) is 4.79 Å². The third-order valence-electron chi connectivity index (χ3n) is 1.72. The van der Waals surface area contributed by atoms with Gasteiger partial charge in [-0.05, 0) is 13.3 Å². The van der Waals surface area contributed by atoms with Gasteiger partial charge in [-0.3, -0.25) is 0 Å². The third kappa shape index (κ3) is 3.57. The Hall–Kier alpha value is -0.870. The lowest BCUT2D eigenvalue weighted by atomic mass is 10.2. The van der Waals surface area contributed by atoms with E-state index in [1.165, 1.54) is 0 Å². The molecule has 0 aromatic heterocycles. The van der Waals surface area contributed by atoms with Crippen molar-refractivity contribution in [3.05, 3.63) is 12.2 Å². The number of esters is 1. The summed E-state index contributed by atoms with van der Waals surface area (Å²) in [4.78, 5) is 10.8. The van der Waals surface area contributed by atoms with Gasteiger partial charge < -0.3 is 14.2 Å². The van der Waals surface area contributed by atoms with Crippen LogP contribution in [0.4, 0.5) is 0 Å². The molecule has 1 heterocycles. The summed E-state index contributed by atoms with van der Waals surface area (Å²) in [5, 5.41) is 0. The molecule has 0 bridgehead atoms. The summed E-state index contributed by atoms with van der Waals surface area (Å²) in [5.74, 6) is -0.422. The molecule has 1 atom stereocenters. The molecule has 13 heavy (non-hydrogen) atoms. The maximum atomic E-state index is 10.8. The highest BCUT2D eigenvalue weighted by Crippen LogP contribution is 2.10. The normalized spacial score (nSPS) is 20.5. The van der Waals surface area contributed by atoms with Gasteiger partial charge in [-0.25, -0.2) is 4.79 Å². The van der Waals surface area contributed by atoms with Crippen LogP contribution in [0.15, 0.2) is 12.2 Å². The zero-order valence-electron chi connectivity index (χ0n) is 7.75. The van der Waals surface area contributed by atoms with Gasteiger partial charge in [0, 0.05) is 12.2 Å². The summed E-state index contributed by atoms with van der Waals surface area (Å²) in [6, 6.07) is 0. The van der Waals surface area contributed by atoms with Crippen molar-refractivity contribution >= 4 is 5.97 Å². The fourth-order valence-electron chi connectivity index (χ4n) is 0.814. The standard InChI is InChI=1S/C9H14O4/c1-7(2)9(10)13-6-11-5-8-3-4-12-8/h8H,1,3-6H2,2H3. The van der Waals surface area contributed by atoms with Gasteiger partial charge >= 0.3 is 5.97 Å². The zero-order chi connectivity index (χ0) is 9.68. The number of rotatable bonds is 5. The summed E-state index contributed by atoms with van der Waals surface area (Å²) in [7, 11) is 0. The molecule has 1 aliphatic rings. The fourth-order valence-corrected chi connectivity index (χ4v) is 0.814. The van der Waals surface area contributed by atoms with Crippen molar-refractivity contribution in [3.63, 3.8) is 0 Å². The molecule has 1 rings (SSSR count). The molecular weight excluding hydrogens is 172 g/mol.